The largest absolute Gasteiger partial charge is 0.493 e. The fourth-order valence-corrected chi connectivity index (χ4v) is 13.1. The van der Waals surface area contributed by atoms with Crippen molar-refractivity contribution in [3.63, 3.8) is 0 Å². The Kier molecular flexibility index (Phi) is 19.6. The molecule has 1 saturated carbocycles. The maximum Gasteiger partial charge on any atom is 0.320 e. The molecule has 4 fully saturated rings. The first kappa shape index (κ1) is 56.4. The number of hydrogen-bond acceptors (Lipinski definition) is 16. The number of hydrogen-bond donors (Lipinski definition) is 1. The predicted molar refractivity (Wildman–Crippen MR) is 271 cm³/mol. The summed E-state index contributed by atoms with van der Waals surface area (Å²) in [5.41, 5.74) is -1.05. The molecule has 15 nitrogen and oxygen atoms in total. The number of esters is 2. The number of carbonyl (C=O) groups excluding carboxylic acids is 3. The topological polar surface area (TPSA) is 165 Å². The highest BCUT2D eigenvalue weighted by Gasteiger charge is 2.61. The highest BCUT2D eigenvalue weighted by Crippen LogP contribution is 2.49. The third-order valence-electron chi connectivity index (χ3n) is 15.6. The second-order valence-electron chi connectivity index (χ2n) is 20.4. The SMILES string of the molecule is CC[C@H]1OC(=O)[C@H](C)[C@@H](O)[C@H](C)C(OC2O[C@H](C)C[C@H](N(C)C)[C@H]2OC)[C@](C)(OC)CCC(=O)[C@H](C)[C@H]2[C@H](SCCN(Cc3c(Cl)cncc3Cl)c3ccc(OC)c(OC4CCCC4)c3)C(=O)O[C@@]21C. The third-order valence-corrected chi connectivity index (χ3v) is 17.5. The molecule has 6 rings (SSSR count). The van der Waals surface area contributed by atoms with Crippen molar-refractivity contribution in [2.75, 3.05) is 52.6 Å². The highest BCUT2D eigenvalue weighted by atomic mass is 35.5. The molecule has 0 amide bonds. The Bertz CT molecular complexity index is 2080. The predicted octanol–water partition coefficient (Wildman–Crippen LogP) is 8.58. The molecule has 392 valence electrons. The summed E-state index contributed by atoms with van der Waals surface area (Å²) in [5, 5.41) is 12.1. The number of cyclic esters (lactones) is 1. The fourth-order valence-electron chi connectivity index (χ4n) is 11.2. The van der Waals surface area contributed by atoms with Crippen molar-refractivity contribution in [3.8, 4) is 11.5 Å². The number of aliphatic hydroxyl groups excluding tert-OH is 1. The molecular formula is C52H77Cl2N3O12S. The Labute approximate surface area is 429 Å². The molecule has 0 bridgehead atoms. The number of benzene rings is 1. The number of likely N-dealkylation sites (N-methyl/N-ethyl adjacent to an activating group) is 1. The van der Waals surface area contributed by atoms with Gasteiger partial charge >= 0.3 is 11.9 Å². The number of rotatable bonds is 16. The number of pyridine rings is 1. The van der Waals surface area contributed by atoms with Crippen LogP contribution in [0.15, 0.2) is 30.6 Å². The van der Waals surface area contributed by atoms with Crippen LogP contribution in [-0.2, 0) is 49.3 Å². The summed E-state index contributed by atoms with van der Waals surface area (Å²) in [6, 6.07) is 5.76. The number of fused-ring (bicyclic) bond motifs is 1. The molecule has 70 heavy (non-hydrogen) atoms. The Balaban J connectivity index is 1.31. The molecule has 0 radical (unpaired) electrons. The number of nitrogens with zero attached hydrogens (tertiary/aromatic N) is 3. The average molecular weight is 1040 g/mol. The molecule has 2 aromatic rings. The van der Waals surface area contributed by atoms with E-state index in [9.17, 15) is 19.5 Å². The van der Waals surface area contributed by atoms with E-state index < -0.39 is 82.8 Å². The van der Waals surface area contributed by atoms with Gasteiger partial charge in [0, 0.05) is 93.0 Å². The van der Waals surface area contributed by atoms with E-state index in [0.717, 1.165) is 31.4 Å². The van der Waals surface area contributed by atoms with Crippen LogP contribution in [0.1, 0.15) is 105 Å². The molecule has 1 aromatic carbocycles. The molecule has 4 aliphatic rings. The van der Waals surface area contributed by atoms with Gasteiger partial charge in [-0.3, -0.25) is 19.4 Å². The van der Waals surface area contributed by atoms with Crippen LogP contribution in [0.2, 0.25) is 10.0 Å². The van der Waals surface area contributed by atoms with E-state index in [4.69, 9.17) is 61.1 Å². The van der Waals surface area contributed by atoms with E-state index in [0.29, 0.717) is 52.4 Å². The van der Waals surface area contributed by atoms with E-state index >= 15 is 0 Å². The van der Waals surface area contributed by atoms with Crippen LogP contribution >= 0.6 is 35.0 Å². The molecule has 3 aliphatic heterocycles. The normalized spacial score (nSPS) is 34.7. The Morgan fingerprint density at radius 2 is 1.64 bits per heavy atom. The maximum absolute atomic E-state index is 14.8. The van der Waals surface area contributed by atoms with Crippen LogP contribution in [0.5, 0.6) is 11.5 Å². The van der Waals surface area contributed by atoms with Gasteiger partial charge in [-0.2, -0.15) is 0 Å². The molecule has 3 saturated heterocycles. The van der Waals surface area contributed by atoms with Crippen molar-refractivity contribution in [3.05, 3.63) is 46.2 Å². The summed E-state index contributed by atoms with van der Waals surface area (Å²) in [4.78, 5) is 51.9. The molecule has 1 aliphatic carbocycles. The number of ketones is 1. The van der Waals surface area contributed by atoms with Gasteiger partial charge in [0.2, 0.25) is 0 Å². The van der Waals surface area contributed by atoms with E-state index in [1.165, 1.54) is 11.8 Å². The average Bonchev–Trinajstić information content (AvgIpc) is 3.94. The lowest BCUT2D eigenvalue weighted by Gasteiger charge is -2.48. The summed E-state index contributed by atoms with van der Waals surface area (Å²) in [5.74, 6) is -2.82. The van der Waals surface area contributed by atoms with Crippen molar-refractivity contribution in [1.82, 2.24) is 9.88 Å². The van der Waals surface area contributed by atoms with Gasteiger partial charge < -0.3 is 52.8 Å². The molecule has 1 N–H and O–H groups in total. The van der Waals surface area contributed by atoms with Crippen molar-refractivity contribution >= 4 is 58.4 Å². The van der Waals surface area contributed by atoms with Gasteiger partial charge in [-0.25, -0.2) is 0 Å². The van der Waals surface area contributed by atoms with Crippen LogP contribution in [0.3, 0.4) is 0 Å². The number of aliphatic hydroxyl groups is 1. The molecule has 18 heteroatoms. The molecule has 4 heterocycles. The van der Waals surface area contributed by atoms with Gasteiger partial charge in [-0.05, 0) is 98.9 Å². The van der Waals surface area contributed by atoms with Gasteiger partial charge in [0.05, 0.1) is 53.1 Å². The monoisotopic (exact) mass is 1040 g/mol. The number of Topliss-reactive ketones (excluding diaryl/α,β-unsaturated/α-hetero) is 1. The highest BCUT2D eigenvalue weighted by molar-refractivity contribution is 8.00. The number of halogens is 2. The lowest BCUT2D eigenvalue weighted by atomic mass is 9.72. The second kappa shape index (κ2) is 24.4. The van der Waals surface area contributed by atoms with Gasteiger partial charge in [0.25, 0.3) is 0 Å². The zero-order valence-electron chi connectivity index (χ0n) is 43.1. The lowest BCUT2D eigenvalue weighted by Crippen LogP contribution is -2.60. The maximum atomic E-state index is 14.8. The van der Waals surface area contributed by atoms with Crippen LogP contribution in [0.4, 0.5) is 5.69 Å². The van der Waals surface area contributed by atoms with Gasteiger partial charge in [-0.15, -0.1) is 11.8 Å². The summed E-state index contributed by atoms with van der Waals surface area (Å²) >= 11 is 14.8. The number of thioether (sulfide) groups is 1. The van der Waals surface area contributed by atoms with Crippen LogP contribution < -0.4 is 14.4 Å². The molecule has 14 atom stereocenters. The number of anilines is 1. The molecule has 0 spiro atoms. The number of ether oxygens (including phenoxy) is 8. The minimum atomic E-state index is -1.39. The number of aromatic nitrogens is 1. The van der Waals surface area contributed by atoms with Gasteiger partial charge in [0.1, 0.15) is 23.2 Å². The summed E-state index contributed by atoms with van der Waals surface area (Å²) in [6.45, 7) is 13.4. The van der Waals surface area contributed by atoms with E-state index in [1.807, 2.05) is 60.0 Å². The number of carbonyl (C=O) groups is 3. The Hall–Kier alpha value is -2.93. The summed E-state index contributed by atoms with van der Waals surface area (Å²) in [7, 11) is 8.75. The van der Waals surface area contributed by atoms with Gasteiger partial charge in [-0.1, -0.05) is 44.0 Å². The fraction of sp³-hybridized carbons (Fsp3) is 0.731. The zero-order valence-corrected chi connectivity index (χ0v) is 45.4. The lowest BCUT2D eigenvalue weighted by molar-refractivity contribution is -0.304. The first-order chi connectivity index (χ1) is 33.2. The van der Waals surface area contributed by atoms with Crippen LogP contribution in [0, 0.1) is 23.7 Å². The minimum Gasteiger partial charge on any atom is -0.493 e. The second-order valence-corrected chi connectivity index (χ2v) is 22.4. The Morgan fingerprint density at radius 1 is 0.957 bits per heavy atom. The molecular weight excluding hydrogens is 962 g/mol. The van der Waals surface area contributed by atoms with Crippen molar-refractivity contribution in [2.45, 2.75) is 172 Å². The van der Waals surface area contributed by atoms with E-state index in [1.54, 1.807) is 54.5 Å². The van der Waals surface area contributed by atoms with E-state index in [2.05, 4.69) is 14.8 Å². The summed E-state index contributed by atoms with van der Waals surface area (Å²) in [6.07, 6.45) is 3.98. The van der Waals surface area contributed by atoms with Crippen LogP contribution in [0.25, 0.3) is 0 Å². The van der Waals surface area contributed by atoms with E-state index in [-0.39, 0.29) is 43.3 Å². The van der Waals surface area contributed by atoms with Crippen molar-refractivity contribution < 1.29 is 57.4 Å². The minimum absolute atomic E-state index is 0.0392. The molecule has 1 aromatic heterocycles. The molecule has 2 unspecified atom stereocenters. The first-order valence-corrected chi connectivity index (χ1v) is 26.7. The smallest absolute Gasteiger partial charge is 0.320 e. The number of methoxy groups -OCH3 is 3. The third kappa shape index (κ3) is 12.3. The quantitative estimate of drug-likeness (QED) is 0.159. The first-order valence-electron chi connectivity index (χ1n) is 24.9. The standard InChI is InChI=1S/C52H77Cl2N3O12S/c1-13-42-52(7)43(30(3)39(58)20-21-51(6,64-12)47(31(4)44(59)32(5)48(60)67-42)68-50-45(63-11)38(56(8)9)24-29(2)65-50)46(49(61)69-52)70-23-22-57(28-35-36(53)26-55-27-37(35)54)33-18-19-40(62-10)41(25-33)66-34-16-14-15-17-34/h18-19,25-27,29-32,34,38,42-47,50,59H,13-17,20-24,28H2,1-12H3/t29-,30+,31+,32-,38+,42-,43+,44+,45-,46+,47?,50?,51-,52-/m1/s1. The zero-order chi connectivity index (χ0) is 51.2. The van der Waals surface area contributed by atoms with Crippen molar-refractivity contribution in [2.24, 2.45) is 23.7 Å². The summed E-state index contributed by atoms with van der Waals surface area (Å²) < 4.78 is 50.5. The van der Waals surface area contributed by atoms with Crippen molar-refractivity contribution in [1.29, 1.82) is 0 Å². The van der Waals surface area contributed by atoms with Crippen LogP contribution in [-0.4, -0.2) is 146 Å². The van der Waals surface area contributed by atoms with Gasteiger partial charge in [0.15, 0.2) is 23.4 Å². The Morgan fingerprint density at radius 3 is 2.26 bits per heavy atom.